The van der Waals surface area contributed by atoms with Gasteiger partial charge in [-0.2, -0.15) is 0 Å². The Morgan fingerprint density at radius 3 is 2.57 bits per heavy atom. The summed E-state index contributed by atoms with van der Waals surface area (Å²) in [7, 11) is 0. The number of halogens is 1. The van der Waals surface area contributed by atoms with Gasteiger partial charge in [0.2, 0.25) is 0 Å². The summed E-state index contributed by atoms with van der Waals surface area (Å²) in [4.78, 5) is 0. The Labute approximate surface area is 84.1 Å². The Bertz CT molecular complexity index is 333. The molecule has 2 heteroatoms. The van der Waals surface area contributed by atoms with Crippen LogP contribution in [-0.2, 0) is 5.67 Å². The average Bonchev–Trinajstić information content (AvgIpc) is 3.01. The second-order valence-corrected chi connectivity index (χ2v) is 4.16. The van der Waals surface area contributed by atoms with Crippen LogP contribution in [0.3, 0.4) is 0 Å². The van der Waals surface area contributed by atoms with Crippen molar-refractivity contribution in [1.29, 1.82) is 0 Å². The number of hydrogen-bond donors (Lipinski definition) is 1. The summed E-state index contributed by atoms with van der Waals surface area (Å²) in [6.45, 7) is 2.05. The number of nitrogens with two attached hydrogens (primary N) is 1. The molecule has 1 aliphatic carbocycles. The fourth-order valence-electron chi connectivity index (χ4n) is 2.08. The lowest BCUT2D eigenvalue weighted by molar-refractivity contribution is 0.142. The number of hydrogen-bond acceptors (Lipinski definition) is 1. The molecule has 0 aromatic heterocycles. The van der Waals surface area contributed by atoms with Gasteiger partial charge >= 0.3 is 0 Å². The van der Waals surface area contributed by atoms with Crippen molar-refractivity contribution in [3.63, 3.8) is 0 Å². The van der Waals surface area contributed by atoms with Crippen LogP contribution in [0.4, 0.5) is 4.39 Å². The average molecular weight is 193 g/mol. The molecule has 1 unspecified atom stereocenters. The van der Waals surface area contributed by atoms with Crippen molar-refractivity contribution in [2.24, 2.45) is 11.7 Å². The predicted octanol–water partition coefficient (Wildman–Crippen LogP) is 2.53. The van der Waals surface area contributed by atoms with E-state index < -0.39 is 5.67 Å². The molecular formula is C12H16FN. The fraction of sp³-hybridized carbons (Fsp3) is 0.500. The number of benzene rings is 1. The van der Waals surface area contributed by atoms with Crippen LogP contribution < -0.4 is 5.73 Å². The van der Waals surface area contributed by atoms with E-state index in [1.165, 1.54) is 0 Å². The molecule has 0 amide bonds. The van der Waals surface area contributed by atoms with Gasteiger partial charge in [-0.05, 0) is 36.8 Å². The molecule has 0 heterocycles. The molecule has 76 valence electrons. The first-order chi connectivity index (χ1) is 6.68. The first-order valence-electron chi connectivity index (χ1n) is 5.13. The summed E-state index contributed by atoms with van der Waals surface area (Å²) < 4.78 is 14.6. The minimum atomic E-state index is -1.29. The van der Waals surface area contributed by atoms with Crippen molar-refractivity contribution in [3.8, 4) is 0 Å². The lowest BCUT2D eigenvalue weighted by Crippen LogP contribution is -2.33. The summed E-state index contributed by atoms with van der Waals surface area (Å²) >= 11 is 0. The van der Waals surface area contributed by atoms with Crippen molar-refractivity contribution in [1.82, 2.24) is 0 Å². The summed E-state index contributed by atoms with van der Waals surface area (Å²) in [5, 5.41) is 0. The third-order valence-corrected chi connectivity index (χ3v) is 3.11. The van der Waals surface area contributed by atoms with Gasteiger partial charge in [0.1, 0.15) is 0 Å². The highest BCUT2D eigenvalue weighted by molar-refractivity contribution is 5.33. The Hall–Kier alpha value is -0.890. The van der Waals surface area contributed by atoms with Crippen LogP contribution in [0.2, 0.25) is 0 Å². The minimum absolute atomic E-state index is 0.0997. The van der Waals surface area contributed by atoms with Gasteiger partial charge in [-0.1, -0.05) is 24.3 Å². The topological polar surface area (TPSA) is 26.0 Å². The maximum Gasteiger partial charge on any atom is 0.151 e. The van der Waals surface area contributed by atoms with E-state index in [4.69, 9.17) is 5.73 Å². The molecule has 2 N–H and O–H groups in total. The van der Waals surface area contributed by atoms with Crippen LogP contribution in [-0.4, -0.2) is 6.54 Å². The van der Waals surface area contributed by atoms with Crippen LogP contribution in [0.25, 0.3) is 0 Å². The lowest BCUT2D eigenvalue weighted by atomic mass is 9.88. The van der Waals surface area contributed by atoms with Crippen LogP contribution in [0.5, 0.6) is 0 Å². The molecule has 1 aromatic rings. The van der Waals surface area contributed by atoms with E-state index >= 15 is 0 Å². The molecule has 1 saturated carbocycles. The van der Waals surface area contributed by atoms with E-state index in [1.807, 2.05) is 31.2 Å². The minimum Gasteiger partial charge on any atom is -0.327 e. The van der Waals surface area contributed by atoms with Crippen LogP contribution in [0.15, 0.2) is 24.3 Å². The van der Waals surface area contributed by atoms with Gasteiger partial charge in [0, 0.05) is 6.54 Å². The monoisotopic (exact) mass is 193 g/mol. The normalized spacial score (nSPS) is 20.5. The maximum absolute atomic E-state index is 14.6. The molecule has 2 rings (SSSR count). The lowest BCUT2D eigenvalue weighted by Gasteiger charge is -2.25. The second kappa shape index (κ2) is 3.35. The van der Waals surface area contributed by atoms with Gasteiger partial charge < -0.3 is 5.73 Å². The molecule has 1 atom stereocenters. The molecule has 0 bridgehead atoms. The first kappa shape index (κ1) is 9.66. The quantitative estimate of drug-likeness (QED) is 0.784. The molecule has 0 saturated heterocycles. The van der Waals surface area contributed by atoms with Gasteiger partial charge in [-0.3, -0.25) is 0 Å². The molecule has 1 nitrogen and oxygen atoms in total. The molecule has 1 aliphatic rings. The van der Waals surface area contributed by atoms with Crippen LogP contribution >= 0.6 is 0 Å². The zero-order valence-electron chi connectivity index (χ0n) is 8.46. The smallest absolute Gasteiger partial charge is 0.151 e. The van der Waals surface area contributed by atoms with Gasteiger partial charge in [0.15, 0.2) is 5.67 Å². The number of rotatable bonds is 3. The molecule has 14 heavy (non-hydrogen) atoms. The highest BCUT2D eigenvalue weighted by Gasteiger charge is 2.46. The first-order valence-corrected chi connectivity index (χ1v) is 5.13. The number of alkyl halides is 1. The predicted molar refractivity (Wildman–Crippen MR) is 55.7 cm³/mol. The Kier molecular flexibility index (Phi) is 2.31. The maximum atomic E-state index is 14.6. The van der Waals surface area contributed by atoms with Gasteiger partial charge in [-0.15, -0.1) is 0 Å². The summed E-state index contributed by atoms with van der Waals surface area (Å²) in [5.41, 5.74) is 6.08. The molecule has 0 spiro atoms. The van der Waals surface area contributed by atoms with Crippen molar-refractivity contribution in [3.05, 3.63) is 35.4 Å². The van der Waals surface area contributed by atoms with Crippen LogP contribution in [0, 0.1) is 12.8 Å². The third kappa shape index (κ3) is 1.44. The standard InChI is InChI=1S/C12H16FN/c1-9-4-2-3-5-11(9)12(13,8-14)10-6-7-10/h2-5,10H,6-8,14H2,1H3. The molecular weight excluding hydrogens is 177 g/mol. The Balaban J connectivity index is 2.40. The Morgan fingerprint density at radius 2 is 2.07 bits per heavy atom. The molecule has 0 radical (unpaired) electrons. The third-order valence-electron chi connectivity index (χ3n) is 3.11. The van der Waals surface area contributed by atoms with E-state index in [9.17, 15) is 4.39 Å². The van der Waals surface area contributed by atoms with E-state index in [2.05, 4.69) is 0 Å². The summed E-state index contributed by atoms with van der Waals surface area (Å²) in [6, 6.07) is 7.62. The highest BCUT2D eigenvalue weighted by atomic mass is 19.1. The molecule has 1 aromatic carbocycles. The molecule has 0 aliphatic heterocycles. The van der Waals surface area contributed by atoms with Crippen molar-refractivity contribution in [2.75, 3.05) is 6.54 Å². The van der Waals surface area contributed by atoms with Gasteiger partial charge in [0.05, 0.1) is 0 Å². The fourth-order valence-corrected chi connectivity index (χ4v) is 2.08. The van der Waals surface area contributed by atoms with E-state index in [0.717, 1.165) is 24.0 Å². The highest BCUT2D eigenvalue weighted by Crippen LogP contribution is 2.48. The SMILES string of the molecule is Cc1ccccc1C(F)(CN)C1CC1. The van der Waals surface area contributed by atoms with E-state index in [1.54, 1.807) is 0 Å². The van der Waals surface area contributed by atoms with Gasteiger partial charge in [0.25, 0.3) is 0 Å². The molecule has 1 fully saturated rings. The zero-order chi connectivity index (χ0) is 10.2. The Morgan fingerprint density at radius 1 is 1.43 bits per heavy atom. The second-order valence-electron chi connectivity index (χ2n) is 4.16. The number of aryl methyl sites for hydroxylation is 1. The summed E-state index contributed by atoms with van der Waals surface area (Å²) in [6.07, 6.45) is 1.95. The largest absolute Gasteiger partial charge is 0.327 e. The van der Waals surface area contributed by atoms with Crippen molar-refractivity contribution in [2.45, 2.75) is 25.4 Å². The van der Waals surface area contributed by atoms with Gasteiger partial charge in [-0.25, -0.2) is 4.39 Å². The van der Waals surface area contributed by atoms with E-state index in [0.29, 0.717) is 0 Å². The van der Waals surface area contributed by atoms with E-state index in [-0.39, 0.29) is 12.5 Å². The summed E-state index contributed by atoms with van der Waals surface area (Å²) in [5.74, 6) is 0.147. The zero-order valence-corrected chi connectivity index (χ0v) is 8.46. The van der Waals surface area contributed by atoms with Crippen LogP contribution in [0.1, 0.15) is 24.0 Å². The van der Waals surface area contributed by atoms with Crippen molar-refractivity contribution < 1.29 is 4.39 Å². The van der Waals surface area contributed by atoms with Crippen molar-refractivity contribution >= 4 is 0 Å².